The molecule has 0 bridgehead atoms. The van der Waals surface area contributed by atoms with E-state index in [1.165, 1.54) is 0 Å². The number of halogens is 2. The molecule has 0 atom stereocenters. The van der Waals surface area contributed by atoms with Gasteiger partial charge in [0, 0.05) is 6.92 Å². The van der Waals surface area contributed by atoms with Crippen molar-refractivity contribution in [2.24, 2.45) is 0 Å². The molecule has 0 fully saturated rings. The predicted octanol–water partition coefficient (Wildman–Crippen LogP) is 2.46. The summed E-state index contributed by atoms with van der Waals surface area (Å²) in [4.78, 5) is 4.02. The van der Waals surface area contributed by atoms with Crippen LogP contribution in [0.25, 0.3) is 0 Å². The van der Waals surface area contributed by atoms with E-state index in [0.29, 0.717) is 23.4 Å². The van der Waals surface area contributed by atoms with Crippen LogP contribution in [0.3, 0.4) is 0 Å². The summed E-state index contributed by atoms with van der Waals surface area (Å²) in [7, 11) is 0. The maximum absolute atomic E-state index is 5.54. The number of nitrogens with zero attached hydrogens (tertiary/aromatic N) is 1. The van der Waals surface area contributed by atoms with Crippen molar-refractivity contribution in [1.29, 1.82) is 0 Å². The lowest BCUT2D eigenvalue weighted by molar-refractivity contribution is 0.489. The molecule has 0 spiro atoms. The van der Waals surface area contributed by atoms with Gasteiger partial charge in [-0.3, -0.25) is 0 Å². The van der Waals surface area contributed by atoms with Crippen LogP contribution in [0, 0.1) is 6.92 Å². The molecule has 1 aromatic heterocycles. The zero-order valence-electron chi connectivity index (χ0n) is 5.53. The first-order valence-electron chi connectivity index (χ1n) is 2.85. The Morgan fingerprint density at radius 1 is 1.40 bits per heavy atom. The zero-order valence-corrected chi connectivity index (χ0v) is 7.04. The second-order valence-electron chi connectivity index (χ2n) is 1.87. The van der Waals surface area contributed by atoms with Crippen molar-refractivity contribution < 1.29 is 4.42 Å². The van der Waals surface area contributed by atoms with Gasteiger partial charge in [-0.15, -0.1) is 23.2 Å². The fourth-order valence-electron chi connectivity index (χ4n) is 0.721. The highest BCUT2D eigenvalue weighted by Crippen LogP contribution is 2.14. The van der Waals surface area contributed by atoms with E-state index in [-0.39, 0.29) is 0 Å². The van der Waals surface area contributed by atoms with Gasteiger partial charge in [-0.05, 0) is 0 Å². The molecule has 1 heterocycles. The Balaban J connectivity index is 2.96. The molecule has 0 amide bonds. The molecule has 0 N–H and O–H groups in total. The highest BCUT2D eigenvalue weighted by molar-refractivity contribution is 6.18. The average molecular weight is 180 g/mol. The normalized spacial score (nSPS) is 10.3. The summed E-state index contributed by atoms with van der Waals surface area (Å²) in [5, 5.41) is 0. The minimum atomic E-state index is 0.336. The average Bonchev–Trinajstić information content (AvgIpc) is 2.30. The van der Waals surface area contributed by atoms with Gasteiger partial charge in [-0.1, -0.05) is 0 Å². The second kappa shape index (κ2) is 3.26. The van der Waals surface area contributed by atoms with Crippen LogP contribution in [-0.2, 0) is 11.8 Å². The quantitative estimate of drug-likeness (QED) is 0.653. The highest BCUT2D eigenvalue weighted by Gasteiger charge is 2.07. The van der Waals surface area contributed by atoms with Crippen LogP contribution in [0.5, 0.6) is 0 Å². The molecule has 4 heteroatoms. The molecule has 0 aromatic carbocycles. The minimum absolute atomic E-state index is 0.336. The topological polar surface area (TPSA) is 26.0 Å². The van der Waals surface area contributed by atoms with Crippen molar-refractivity contribution in [3.05, 3.63) is 17.3 Å². The Hall–Kier alpha value is -0.210. The van der Waals surface area contributed by atoms with E-state index in [0.717, 1.165) is 5.69 Å². The monoisotopic (exact) mass is 179 g/mol. The van der Waals surface area contributed by atoms with Crippen LogP contribution in [0.4, 0.5) is 0 Å². The lowest BCUT2D eigenvalue weighted by Crippen LogP contribution is -1.82. The van der Waals surface area contributed by atoms with Gasteiger partial charge in [0.1, 0.15) is 5.76 Å². The van der Waals surface area contributed by atoms with Crippen molar-refractivity contribution in [3.63, 3.8) is 0 Å². The molecule has 2 nitrogen and oxygen atoms in total. The van der Waals surface area contributed by atoms with Gasteiger partial charge in [0.15, 0.2) is 5.89 Å². The van der Waals surface area contributed by atoms with E-state index in [1.54, 1.807) is 6.92 Å². The maximum Gasteiger partial charge on any atom is 0.191 e. The maximum atomic E-state index is 5.54. The van der Waals surface area contributed by atoms with Gasteiger partial charge in [-0.2, -0.15) is 0 Å². The summed E-state index contributed by atoms with van der Waals surface area (Å²) in [6, 6.07) is 0. The summed E-state index contributed by atoms with van der Waals surface area (Å²) in [6.07, 6.45) is 0. The number of aryl methyl sites for hydroxylation is 1. The summed E-state index contributed by atoms with van der Waals surface area (Å²) in [5.74, 6) is 1.99. The Bertz CT molecular complexity index is 200. The second-order valence-corrected chi connectivity index (χ2v) is 2.40. The predicted molar refractivity (Wildman–Crippen MR) is 40.4 cm³/mol. The molecular weight excluding hydrogens is 173 g/mol. The van der Waals surface area contributed by atoms with Crippen LogP contribution in [-0.4, -0.2) is 4.98 Å². The third-order valence-corrected chi connectivity index (χ3v) is 1.63. The van der Waals surface area contributed by atoms with E-state index < -0.39 is 0 Å². The van der Waals surface area contributed by atoms with Gasteiger partial charge in [0.25, 0.3) is 0 Å². The van der Waals surface area contributed by atoms with Gasteiger partial charge >= 0.3 is 0 Å². The van der Waals surface area contributed by atoms with E-state index in [2.05, 4.69) is 4.98 Å². The number of aromatic nitrogens is 1. The number of rotatable bonds is 2. The van der Waals surface area contributed by atoms with E-state index in [4.69, 9.17) is 27.6 Å². The zero-order chi connectivity index (χ0) is 7.56. The Labute approximate surface area is 69.1 Å². The molecular formula is C6H7Cl2NO. The Morgan fingerprint density at radius 2 is 2.10 bits per heavy atom. The molecule has 56 valence electrons. The number of alkyl halides is 2. The summed E-state index contributed by atoms with van der Waals surface area (Å²) >= 11 is 11.1. The van der Waals surface area contributed by atoms with Crippen molar-refractivity contribution in [1.82, 2.24) is 4.98 Å². The molecule has 0 radical (unpaired) electrons. The third-order valence-electron chi connectivity index (χ3n) is 1.13. The minimum Gasteiger partial charge on any atom is -0.444 e. The van der Waals surface area contributed by atoms with Crippen LogP contribution in [0.15, 0.2) is 4.42 Å². The van der Waals surface area contributed by atoms with E-state index >= 15 is 0 Å². The molecule has 0 saturated carbocycles. The lowest BCUT2D eigenvalue weighted by atomic mass is 10.4. The summed E-state index contributed by atoms with van der Waals surface area (Å²) in [6.45, 7) is 1.77. The van der Waals surface area contributed by atoms with Crippen LogP contribution in [0.2, 0.25) is 0 Å². The molecule has 0 saturated heterocycles. The number of hydrogen-bond donors (Lipinski definition) is 0. The summed E-state index contributed by atoms with van der Waals surface area (Å²) < 4.78 is 5.13. The molecule has 0 unspecified atom stereocenters. The van der Waals surface area contributed by atoms with E-state index in [1.807, 2.05) is 0 Å². The Kier molecular flexibility index (Phi) is 2.57. The highest BCUT2D eigenvalue weighted by atomic mass is 35.5. The fraction of sp³-hybridized carbons (Fsp3) is 0.500. The Morgan fingerprint density at radius 3 is 2.50 bits per heavy atom. The van der Waals surface area contributed by atoms with Crippen LogP contribution in [0.1, 0.15) is 17.3 Å². The van der Waals surface area contributed by atoms with Gasteiger partial charge in [0.05, 0.1) is 17.5 Å². The van der Waals surface area contributed by atoms with Gasteiger partial charge in [0.2, 0.25) is 0 Å². The molecule has 0 aliphatic rings. The van der Waals surface area contributed by atoms with E-state index in [9.17, 15) is 0 Å². The third kappa shape index (κ3) is 1.44. The smallest absolute Gasteiger partial charge is 0.191 e. The van der Waals surface area contributed by atoms with Gasteiger partial charge in [-0.25, -0.2) is 4.98 Å². The van der Waals surface area contributed by atoms with Crippen molar-refractivity contribution in [2.75, 3.05) is 0 Å². The largest absolute Gasteiger partial charge is 0.444 e. The first-order chi connectivity index (χ1) is 4.77. The van der Waals surface area contributed by atoms with Gasteiger partial charge < -0.3 is 4.42 Å². The molecule has 1 rings (SSSR count). The molecule has 1 aromatic rings. The lowest BCUT2D eigenvalue weighted by Gasteiger charge is -1.87. The van der Waals surface area contributed by atoms with Crippen molar-refractivity contribution in [2.45, 2.75) is 18.7 Å². The number of oxazole rings is 1. The van der Waals surface area contributed by atoms with Crippen LogP contribution >= 0.6 is 23.2 Å². The summed E-state index contributed by atoms with van der Waals surface area (Å²) in [5.41, 5.74) is 0.745. The van der Waals surface area contributed by atoms with Crippen LogP contribution < -0.4 is 0 Å². The molecule has 0 aliphatic heterocycles. The molecule has 0 aliphatic carbocycles. The standard InChI is InChI=1S/C6H7Cl2NO/c1-4-9-5(2-7)6(3-8)10-4/h2-3H2,1H3. The first-order valence-corrected chi connectivity index (χ1v) is 3.92. The van der Waals surface area contributed by atoms with Crippen molar-refractivity contribution in [3.8, 4) is 0 Å². The molecule has 10 heavy (non-hydrogen) atoms. The number of hydrogen-bond acceptors (Lipinski definition) is 2. The van der Waals surface area contributed by atoms with Crippen molar-refractivity contribution >= 4 is 23.2 Å². The SMILES string of the molecule is Cc1nc(CCl)c(CCl)o1. The fourth-order valence-corrected chi connectivity index (χ4v) is 1.14. The first kappa shape index (κ1) is 7.89.